The number of rotatable bonds is 21. The van der Waals surface area contributed by atoms with E-state index in [1.54, 1.807) is 97.1 Å². The van der Waals surface area contributed by atoms with E-state index in [0.29, 0.717) is 91.9 Å². The van der Waals surface area contributed by atoms with E-state index in [-0.39, 0.29) is 18.3 Å². The summed E-state index contributed by atoms with van der Waals surface area (Å²) in [5.41, 5.74) is 0.843. The summed E-state index contributed by atoms with van der Waals surface area (Å²) in [6, 6.07) is 27.2. The van der Waals surface area contributed by atoms with Gasteiger partial charge in [-0.2, -0.15) is 0 Å². The van der Waals surface area contributed by atoms with E-state index >= 15 is 0 Å². The third kappa shape index (κ3) is 12.3. The number of esters is 2. The first-order valence-electron chi connectivity index (χ1n) is 16.8. The lowest BCUT2D eigenvalue weighted by molar-refractivity contribution is -0.0208. The summed E-state index contributed by atoms with van der Waals surface area (Å²) < 4.78 is 55.3. The van der Waals surface area contributed by atoms with E-state index in [4.69, 9.17) is 47.4 Å². The van der Waals surface area contributed by atoms with Gasteiger partial charge in [-0.05, 0) is 104 Å². The van der Waals surface area contributed by atoms with Crippen molar-refractivity contribution in [1.82, 2.24) is 0 Å². The van der Waals surface area contributed by atoms with Crippen molar-refractivity contribution in [3.63, 3.8) is 0 Å². The van der Waals surface area contributed by atoms with Crippen LogP contribution in [-0.4, -0.2) is 89.7 Å². The molecule has 2 saturated heterocycles. The Balaban J connectivity index is 0.787. The van der Waals surface area contributed by atoms with Gasteiger partial charge >= 0.3 is 11.9 Å². The molecule has 4 aromatic carbocycles. The van der Waals surface area contributed by atoms with Crippen LogP contribution in [-0.2, 0) is 18.9 Å². The van der Waals surface area contributed by atoms with Crippen LogP contribution in [0.4, 0.5) is 0 Å². The Morgan fingerprint density at radius 1 is 0.549 bits per heavy atom. The van der Waals surface area contributed by atoms with E-state index in [0.717, 1.165) is 13.2 Å². The first-order valence-corrected chi connectivity index (χ1v) is 16.8. The Bertz CT molecular complexity index is 1670. The van der Waals surface area contributed by atoms with Crippen LogP contribution in [0, 0.1) is 0 Å². The van der Waals surface area contributed by atoms with Gasteiger partial charge in [0.15, 0.2) is 0 Å². The molecule has 4 aromatic rings. The summed E-state index contributed by atoms with van der Waals surface area (Å²) in [4.78, 5) is 25.0. The molecule has 268 valence electrons. The van der Waals surface area contributed by atoms with Gasteiger partial charge in [0.1, 0.15) is 73.1 Å². The lowest BCUT2D eigenvalue weighted by Gasteiger charge is -2.14. The number of carbonyl (C=O) groups excluding carboxylic acids is 2. The molecule has 12 nitrogen and oxygen atoms in total. The van der Waals surface area contributed by atoms with E-state index < -0.39 is 11.9 Å². The fourth-order valence-electron chi connectivity index (χ4n) is 4.55. The molecular weight excluding hydrogens is 660 g/mol. The number of ether oxygens (including phenoxy) is 10. The monoisotopic (exact) mass is 700 g/mol. The van der Waals surface area contributed by atoms with Crippen LogP contribution >= 0.6 is 0 Å². The zero-order valence-corrected chi connectivity index (χ0v) is 28.2. The van der Waals surface area contributed by atoms with Crippen molar-refractivity contribution in [3.05, 3.63) is 108 Å². The average molecular weight is 701 g/mol. The molecule has 0 spiro atoms. The van der Waals surface area contributed by atoms with Crippen LogP contribution in [0.3, 0.4) is 0 Å². The smallest absolute Gasteiger partial charge is 0.343 e. The molecule has 2 fully saturated rings. The van der Waals surface area contributed by atoms with Crippen LogP contribution in [0.2, 0.25) is 0 Å². The number of benzene rings is 4. The van der Waals surface area contributed by atoms with Crippen molar-refractivity contribution in [2.45, 2.75) is 25.2 Å². The zero-order chi connectivity index (χ0) is 35.3. The SMILES string of the molecule is CC(COCCOc1ccc(OC(=O)c2ccc(OCC3CO3)cc2)cc1)OCCOc1ccc(OC(=O)c2ccc(OCC3CO3)cc2)cc1. The highest BCUT2D eigenvalue weighted by atomic mass is 16.6. The standard InChI is InChI=1S/C39H40O12/c1-27(43-20-21-45-31-12-16-35(17-13-31)51-39(41)29-4-8-33(9-5-29)47-24-37-26-49-37)22-42-18-19-44-30-10-14-34(15-11-30)50-38(40)28-2-6-32(7-3-28)46-23-36-25-48-36/h2-17,27,36-37H,18-26H2,1H3. The van der Waals surface area contributed by atoms with Gasteiger partial charge in [-0.3, -0.25) is 0 Å². The maximum atomic E-state index is 12.5. The second-order valence-electron chi connectivity index (χ2n) is 11.8. The Hall–Kier alpha value is -5.14. The quantitative estimate of drug-likeness (QED) is 0.0467. The summed E-state index contributed by atoms with van der Waals surface area (Å²) in [5, 5.41) is 0. The second kappa shape index (κ2) is 18.2. The highest BCUT2D eigenvalue weighted by molar-refractivity contribution is 5.91. The average Bonchev–Trinajstić information content (AvgIpc) is 4.10. The lowest BCUT2D eigenvalue weighted by Crippen LogP contribution is -2.21. The third-order valence-electron chi connectivity index (χ3n) is 7.53. The molecule has 0 radical (unpaired) electrons. The molecule has 0 bridgehead atoms. The van der Waals surface area contributed by atoms with Crippen molar-refractivity contribution in [3.8, 4) is 34.5 Å². The van der Waals surface area contributed by atoms with Crippen LogP contribution in [0.5, 0.6) is 34.5 Å². The van der Waals surface area contributed by atoms with E-state index in [9.17, 15) is 9.59 Å². The van der Waals surface area contributed by atoms with Crippen molar-refractivity contribution in [2.75, 3.05) is 59.5 Å². The third-order valence-corrected chi connectivity index (χ3v) is 7.53. The van der Waals surface area contributed by atoms with Crippen molar-refractivity contribution in [1.29, 1.82) is 0 Å². The van der Waals surface area contributed by atoms with Gasteiger partial charge in [0, 0.05) is 0 Å². The number of carbonyl (C=O) groups is 2. The normalized spacial score (nSPS) is 16.4. The van der Waals surface area contributed by atoms with Crippen molar-refractivity contribution < 1.29 is 57.0 Å². The molecule has 3 unspecified atom stereocenters. The fourth-order valence-corrected chi connectivity index (χ4v) is 4.55. The number of epoxide rings is 2. The van der Waals surface area contributed by atoms with E-state index in [2.05, 4.69) is 0 Å². The van der Waals surface area contributed by atoms with Gasteiger partial charge in [-0.15, -0.1) is 0 Å². The summed E-state index contributed by atoms with van der Waals surface area (Å²) in [6.45, 7) is 6.21. The minimum Gasteiger partial charge on any atom is -0.491 e. The topological polar surface area (TPSA) is 133 Å². The minimum atomic E-state index is -0.462. The van der Waals surface area contributed by atoms with Crippen LogP contribution in [0.15, 0.2) is 97.1 Å². The molecule has 0 N–H and O–H groups in total. The predicted octanol–water partition coefficient (Wildman–Crippen LogP) is 5.56. The second-order valence-corrected chi connectivity index (χ2v) is 11.8. The van der Waals surface area contributed by atoms with Crippen molar-refractivity contribution in [2.24, 2.45) is 0 Å². The van der Waals surface area contributed by atoms with Crippen molar-refractivity contribution >= 4 is 11.9 Å². The van der Waals surface area contributed by atoms with Gasteiger partial charge in [-0.1, -0.05) is 0 Å². The summed E-state index contributed by atoms with van der Waals surface area (Å²) in [5.74, 6) is 2.50. The molecule has 51 heavy (non-hydrogen) atoms. The zero-order valence-electron chi connectivity index (χ0n) is 28.2. The molecule has 2 aliphatic heterocycles. The Morgan fingerprint density at radius 3 is 1.35 bits per heavy atom. The molecule has 2 aliphatic rings. The molecular formula is C39H40O12. The van der Waals surface area contributed by atoms with Crippen LogP contribution in [0.25, 0.3) is 0 Å². The minimum absolute atomic E-state index is 0.140. The van der Waals surface area contributed by atoms with Gasteiger partial charge in [0.25, 0.3) is 0 Å². The number of hydrogen-bond donors (Lipinski definition) is 0. The first-order chi connectivity index (χ1) is 25.0. The lowest BCUT2D eigenvalue weighted by atomic mass is 10.2. The van der Waals surface area contributed by atoms with E-state index in [1.807, 2.05) is 6.92 Å². The first kappa shape index (κ1) is 35.7. The highest BCUT2D eigenvalue weighted by Crippen LogP contribution is 2.22. The van der Waals surface area contributed by atoms with Gasteiger partial charge in [-0.25, -0.2) is 9.59 Å². The Labute approximate surface area is 296 Å². The molecule has 0 saturated carbocycles. The molecule has 6 rings (SSSR count). The molecule has 0 aromatic heterocycles. The summed E-state index contributed by atoms with van der Waals surface area (Å²) in [7, 11) is 0. The highest BCUT2D eigenvalue weighted by Gasteiger charge is 2.24. The van der Waals surface area contributed by atoms with E-state index in [1.165, 1.54) is 0 Å². The van der Waals surface area contributed by atoms with Crippen LogP contribution < -0.4 is 28.4 Å². The largest absolute Gasteiger partial charge is 0.491 e. The summed E-state index contributed by atoms with van der Waals surface area (Å²) in [6.07, 6.45) is 0.195. The Kier molecular flexibility index (Phi) is 12.7. The summed E-state index contributed by atoms with van der Waals surface area (Å²) >= 11 is 0. The Morgan fingerprint density at radius 2 is 0.922 bits per heavy atom. The van der Waals surface area contributed by atoms with Gasteiger partial charge in [0.2, 0.25) is 0 Å². The maximum Gasteiger partial charge on any atom is 0.343 e. The predicted molar refractivity (Wildman–Crippen MR) is 183 cm³/mol. The molecule has 3 atom stereocenters. The molecule has 2 heterocycles. The fraction of sp³-hybridized carbons (Fsp3) is 0.333. The number of hydrogen-bond acceptors (Lipinski definition) is 12. The maximum absolute atomic E-state index is 12.5. The van der Waals surface area contributed by atoms with Gasteiger partial charge in [0.05, 0.1) is 50.3 Å². The molecule has 0 aliphatic carbocycles. The van der Waals surface area contributed by atoms with Crippen LogP contribution in [0.1, 0.15) is 27.6 Å². The molecule has 12 heteroatoms. The van der Waals surface area contributed by atoms with Gasteiger partial charge < -0.3 is 47.4 Å². The molecule has 0 amide bonds.